The molecule has 2 aliphatic carbocycles. The number of amides is 2. The number of fused-ring (bicyclic) bond motifs is 6. The predicted octanol–water partition coefficient (Wildman–Crippen LogP) is 6.22. The second kappa shape index (κ2) is 10.5. The van der Waals surface area contributed by atoms with E-state index in [2.05, 4.69) is 31.9 Å². The minimum Gasteiger partial charge on any atom is -0.454 e. The SMILES string of the molecule is O=C(COC(=O)c1cc(-c2ccc(N3C(=O)C4C5CC(C(Br)C5Br)C4C3=O)cc2)nc2ccccc12)c1ccccc1. The third-order valence-corrected chi connectivity index (χ3v) is 12.0. The van der Waals surface area contributed by atoms with Gasteiger partial charge >= 0.3 is 5.97 Å². The molecule has 1 saturated heterocycles. The zero-order valence-corrected chi connectivity index (χ0v) is 25.3. The molecule has 3 aliphatic rings. The minimum atomic E-state index is -0.625. The van der Waals surface area contributed by atoms with E-state index in [9.17, 15) is 19.2 Å². The number of benzene rings is 3. The third-order valence-electron chi connectivity index (χ3n) is 8.77. The fraction of sp³-hybridized carbons (Fsp3) is 0.242. The summed E-state index contributed by atoms with van der Waals surface area (Å²) in [5.74, 6) is -1.46. The molecule has 1 aliphatic heterocycles. The number of halogens is 2. The van der Waals surface area contributed by atoms with Crippen LogP contribution in [0.5, 0.6) is 0 Å². The molecule has 2 bridgehead atoms. The minimum absolute atomic E-state index is 0.131. The molecule has 3 aromatic carbocycles. The second-order valence-corrected chi connectivity index (χ2v) is 13.1. The first kappa shape index (κ1) is 27.2. The van der Waals surface area contributed by atoms with Crippen LogP contribution in [0.3, 0.4) is 0 Å². The number of imide groups is 1. The van der Waals surface area contributed by atoms with E-state index < -0.39 is 5.97 Å². The maximum Gasteiger partial charge on any atom is 0.339 e. The zero-order valence-electron chi connectivity index (χ0n) is 22.2. The summed E-state index contributed by atoms with van der Waals surface area (Å²) in [7, 11) is 0. The van der Waals surface area contributed by atoms with Gasteiger partial charge < -0.3 is 4.74 Å². The number of Topliss-reactive ketones (excluding diaryl/α,β-unsaturated/α-hetero) is 1. The lowest BCUT2D eigenvalue weighted by atomic mass is 9.81. The molecule has 2 heterocycles. The van der Waals surface area contributed by atoms with Gasteiger partial charge in [-0.25, -0.2) is 9.78 Å². The molecular formula is C33H24Br2N2O5. The molecule has 6 atom stereocenters. The fourth-order valence-electron chi connectivity index (χ4n) is 6.79. The summed E-state index contributed by atoms with van der Waals surface area (Å²) in [5.41, 5.74) is 3.12. The number of hydrogen-bond donors (Lipinski definition) is 0. The van der Waals surface area contributed by atoms with Crippen molar-refractivity contribution in [1.29, 1.82) is 0 Å². The van der Waals surface area contributed by atoms with Crippen LogP contribution >= 0.6 is 31.9 Å². The van der Waals surface area contributed by atoms with Crippen molar-refractivity contribution < 1.29 is 23.9 Å². The Morgan fingerprint density at radius 2 is 1.45 bits per heavy atom. The van der Waals surface area contributed by atoms with Crippen molar-refractivity contribution in [2.75, 3.05) is 11.5 Å². The quantitative estimate of drug-likeness (QED) is 0.103. The predicted molar refractivity (Wildman–Crippen MR) is 165 cm³/mol. The Balaban J connectivity index is 1.15. The van der Waals surface area contributed by atoms with Crippen molar-refractivity contribution >= 4 is 72.0 Å². The summed E-state index contributed by atoms with van der Waals surface area (Å²) in [6.45, 7) is -0.378. The highest BCUT2D eigenvalue weighted by molar-refractivity contribution is 9.12. The standard InChI is InChI=1S/C33H24Br2N2O5/c34-29-22-14-23(30(29)35)28-27(22)31(39)37(32(28)40)19-12-10-17(11-13-19)25-15-21(20-8-4-5-9-24(20)36-25)33(41)42-16-26(38)18-6-2-1-3-7-18/h1-13,15,22-23,27-30H,14,16H2. The smallest absolute Gasteiger partial charge is 0.339 e. The Hall–Kier alpha value is -3.69. The third kappa shape index (κ3) is 4.32. The molecule has 6 unspecified atom stereocenters. The molecule has 7 rings (SSSR count). The van der Waals surface area contributed by atoms with Crippen LogP contribution in [0.15, 0.2) is 84.9 Å². The number of hydrogen-bond acceptors (Lipinski definition) is 6. The van der Waals surface area contributed by atoms with E-state index in [0.29, 0.717) is 39.0 Å². The van der Waals surface area contributed by atoms with Crippen LogP contribution in [-0.2, 0) is 14.3 Å². The summed E-state index contributed by atoms with van der Waals surface area (Å²) in [5, 5.41) is 0.611. The number of anilines is 1. The van der Waals surface area contributed by atoms with Crippen molar-refractivity contribution in [3.05, 3.63) is 96.1 Å². The first-order valence-electron chi connectivity index (χ1n) is 13.7. The average molecular weight is 688 g/mol. The number of ether oxygens (including phenoxy) is 1. The number of aromatic nitrogens is 1. The van der Waals surface area contributed by atoms with Crippen molar-refractivity contribution in [1.82, 2.24) is 4.98 Å². The van der Waals surface area contributed by atoms with Crippen LogP contribution < -0.4 is 4.90 Å². The molecule has 2 amide bonds. The normalized spacial score (nSPS) is 26.1. The number of pyridine rings is 1. The van der Waals surface area contributed by atoms with Gasteiger partial charge in [-0.05, 0) is 42.5 Å². The number of rotatable bonds is 6. The zero-order chi connectivity index (χ0) is 29.1. The summed E-state index contributed by atoms with van der Waals surface area (Å²) >= 11 is 7.46. The van der Waals surface area contributed by atoms with Gasteiger partial charge in [0.15, 0.2) is 12.4 Å². The average Bonchev–Trinajstić information content (AvgIpc) is 3.64. The van der Waals surface area contributed by atoms with E-state index in [1.165, 1.54) is 4.90 Å². The number of ketones is 1. The van der Waals surface area contributed by atoms with Crippen LogP contribution in [0.25, 0.3) is 22.2 Å². The van der Waals surface area contributed by atoms with Gasteiger partial charge in [-0.15, -0.1) is 0 Å². The van der Waals surface area contributed by atoms with E-state index >= 15 is 0 Å². The Morgan fingerprint density at radius 1 is 0.833 bits per heavy atom. The van der Waals surface area contributed by atoms with Crippen molar-refractivity contribution in [3.8, 4) is 11.3 Å². The molecule has 4 aromatic rings. The number of nitrogens with zero attached hydrogens (tertiary/aromatic N) is 2. The van der Waals surface area contributed by atoms with Crippen LogP contribution in [0.4, 0.5) is 5.69 Å². The molecule has 2 saturated carbocycles. The highest BCUT2D eigenvalue weighted by Crippen LogP contribution is 2.60. The van der Waals surface area contributed by atoms with Crippen LogP contribution in [0, 0.1) is 23.7 Å². The van der Waals surface area contributed by atoms with Crippen LogP contribution in [-0.4, -0.2) is 44.8 Å². The van der Waals surface area contributed by atoms with Gasteiger partial charge in [0, 0.05) is 26.2 Å². The fourth-order valence-corrected chi connectivity index (χ4v) is 8.67. The van der Waals surface area contributed by atoms with E-state index in [4.69, 9.17) is 9.72 Å². The number of alkyl halides is 2. The highest BCUT2D eigenvalue weighted by atomic mass is 79.9. The topological polar surface area (TPSA) is 93.6 Å². The van der Waals surface area contributed by atoms with E-state index in [1.54, 1.807) is 60.7 Å². The van der Waals surface area contributed by atoms with E-state index in [1.807, 2.05) is 24.3 Å². The van der Waals surface area contributed by atoms with E-state index in [0.717, 1.165) is 6.42 Å². The Labute approximate surface area is 258 Å². The van der Waals surface area contributed by atoms with Crippen LogP contribution in [0.1, 0.15) is 27.1 Å². The molecule has 3 fully saturated rings. The first-order chi connectivity index (χ1) is 20.3. The lowest BCUT2D eigenvalue weighted by Gasteiger charge is -2.28. The Bertz CT molecular complexity index is 1730. The molecule has 0 spiro atoms. The lowest BCUT2D eigenvalue weighted by Crippen LogP contribution is -2.37. The Morgan fingerprint density at radius 3 is 2.12 bits per heavy atom. The molecule has 210 valence electrons. The molecule has 0 N–H and O–H groups in total. The highest BCUT2D eigenvalue weighted by Gasteiger charge is 2.66. The van der Waals surface area contributed by atoms with Gasteiger partial charge in [-0.3, -0.25) is 19.3 Å². The molecule has 1 aromatic heterocycles. The summed E-state index contributed by atoms with van der Waals surface area (Å²) in [6, 6.07) is 24.7. The van der Waals surface area contributed by atoms with E-state index in [-0.39, 0.29) is 57.5 Å². The van der Waals surface area contributed by atoms with Crippen molar-refractivity contribution in [2.45, 2.75) is 16.1 Å². The summed E-state index contributed by atoms with van der Waals surface area (Å²) < 4.78 is 5.42. The van der Waals surface area contributed by atoms with Gasteiger partial charge in [0.05, 0.1) is 34.3 Å². The Kier molecular flexibility index (Phi) is 6.82. The van der Waals surface area contributed by atoms with Gasteiger partial charge in [0.25, 0.3) is 0 Å². The number of carbonyl (C=O) groups excluding carboxylic acids is 4. The van der Waals surface area contributed by atoms with Gasteiger partial charge in [-0.1, -0.05) is 92.5 Å². The molecule has 0 radical (unpaired) electrons. The maximum absolute atomic E-state index is 13.4. The molecular weight excluding hydrogens is 664 g/mol. The lowest BCUT2D eigenvalue weighted by molar-refractivity contribution is -0.123. The van der Waals surface area contributed by atoms with Gasteiger partial charge in [0.2, 0.25) is 11.8 Å². The monoisotopic (exact) mass is 686 g/mol. The number of esters is 1. The van der Waals surface area contributed by atoms with Crippen LogP contribution in [0.2, 0.25) is 0 Å². The number of carbonyl (C=O) groups is 4. The van der Waals surface area contributed by atoms with Crippen molar-refractivity contribution in [3.63, 3.8) is 0 Å². The first-order valence-corrected chi connectivity index (χ1v) is 15.6. The largest absolute Gasteiger partial charge is 0.454 e. The van der Waals surface area contributed by atoms with Crippen molar-refractivity contribution in [2.24, 2.45) is 23.7 Å². The summed E-state index contributed by atoms with van der Waals surface area (Å²) in [6.07, 6.45) is 0.879. The second-order valence-electron chi connectivity index (χ2n) is 11.0. The molecule has 9 heteroatoms. The maximum atomic E-state index is 13.4. The molecule has 42 heavy (non-hydrogen) atoms. The van der Waals surface area contributed by atoms with Gasteiger partial charge in [-0.2, -0.15) is 0 Å². The van der Waals surface area contributed by atoms with Gasteiger partial charge in [0.1, 0.15) is 0 Å². The molecule has 7 nitrogen and oxygen atoms in total. The number of para-hydroxylation sites is 1. The summed E-state index contributed by atoms with van der Waals surface area (Å²) in [4.78, 5) is 59.0.